The number of methoxy groups -OCH3 is 1. The van der Waals surface area contributed by atoms with Crippen LogP contribution in [0, 0.1) is 6.92 Å². The molecule has 1 aromatic rings. The Hall–Kier alpha value is -1.51. The predicted octanol–water partition coefficient (Wildman–Crippen LogP) is 2.63. The number of benzene rings is 1. The van der Waals surface area contributed by atoms with Crippen molar-refractivity contribution < 1.29 is 9.53 Å². The average Bonchev–Trinajstić information content (AvgIpc) is 2.52. The Kier molecular flexibility index (Phi) is 11.3. The highest BCUT2D eigenvalue weighted by Gasteiger charge is 2.13. The molecule has 1 rings (SSSR count). The van der Waals surface area contributed by atoms with Crippen molar-refractivity contribution in [1.29, 1.82) is 0 Å². The zero-order chi connectivity index (χ0) is 18.9. The molecule has 26 heavy (non-hydrogen) atoms. The maximum atomic E-state index is 11.9. The van der Waals surface area contributed by atoms with Crippen LogP contribution in [0.3, 0.4) is 0 Å². The molecule has 6 nitrogen and oxygen atoms in total. The van der Waals surface area contributed by atoms with Gasteiger partial charge in [0.25, 0.3) is 0 Å². The minimum absolute atomic E-state index is 0. The van der Waals surface area contributed by atoms with Gasteiger partial charge in [0.15, 0.2) is 5.96 Å². The summed E-state index contributed by atoms with van der Waals surface area (Å²) >= 11 is 0. The van der Waals surface area contributed by atoms with Crippen molar-refractivity contribution in [3.8, 4) is 5.75 Å². The highest BCUT2D eigenvalue weighted by Crippen LogP contribution is 2.18. The van der Waals surface area contributed by atoms with E-state index in [1.165, 1.54) is 5.56 Å². The number of nitrogens with one attached hydrogen (secondary N) is 3. The van der Waals surface area contributed by atoms with Gasteiger partial charge in [0.1, 0.15) is 12.3 Å². The van der Waals surface area contributed by atoms with Crippen LogP contribution in [0.15, 0.2) is 23.2 Å². The van der Waals surface area contributed by atoms with Crippen LogP contribution in [0.4, 0.5) is 0 Å². The molecule has 7 heteroatoms. The van der Waals surface area contributed by atoms with Gasteiger partial charge in [-0.25, -0.2) is 4.99 Å². The largest absolute Gasteiger partial charge is 0.496 e. The first-order valence-electron chi connectivity index (χ1n) is 8.72. The van der Waals surface area contributed by atoms with E-state index in [0.29, 0.717) is 5.96 Å². The van der Waals surface area contributed by atoms with Crippen molar-refractivity contribution >= 4 is 35.8 Å². The number of carbonyl (C=O) groups excluding carboxylic acids is 1. The Morgan fingerprint density at radius 3 is 2.50 bits per heavy atom. The molecule has 0 unspecified atom stereocenters. The molecule has 0 spiro atoms. The summed E-state index contributed by atoms with van der Waals surface area (Å²) in [5.74, 6) is 1.45. The van der Waals surface area contributed by atoms with E-state index in [1.54, 1.807) is 7.11 Å². The Balaban J connectivity index is 0.00000625. The summed E-state index contributed by atoms with van der Waals surface area (Å²) in [7, 11) is 1.68. The molecule has 0 aliphatic rings. The fraction of sp³-hybridized carbons (Fsp3) is 0.579. The highest BCUT2D eigenvalue weighted by atomic mass is 127. The number of hydrogen-bond donors (Lipinski definition) is 3. The third kappa shape index (κ3) is 9.84. The van der Waals surface area contributed by atoms with Crippen LogP contribution in [0.25, 0.3) is 0 Å². The van der Waals surface area contributed by atoms with Crippen LogP contribution in [-0.4, -0.2) is 44.1 Å². The molecule has 0 radical (unpaired) electrons. The zero-order valence-electron chi connectivity index (χ0n) is 16.7. The minimum atomic E-state index is -0.247. The number of ether oxygens (including phenoxy) is 1. The van der Waals surface area contributed by atoms with Crippen molar-refractivity contribution in [2.24, 2.45) is 4.99 Å². The van der Waals surface area contributed by atoms with Gasteiger partial charge in [-0.2, -0.15) is 0 Å². The second kappa shape index (κ2) is 12.0. The summed E-state index contributed by atoms with van der Waals surface area (Å²) in [6.07, 6.45) is 0.843. The van der Waals surface area contributed by atoms with Gasteiger partial charge in [0.2, 0.25) is 5.91 Å². The lowest BCUT2D eigenvalue weighted by molar-refractivity contribution is -0.121. The molecule has 0 atom stereocenters. The minimum Gasteiger partial charge on any atom is -0.496 e. The summed E-state index contributed by atoms with van der Waals surface area (Å²) in [4.78, 5) is 16.2. The fourth-order valence-corrected chi connectivity index (χ4v) is 2.30. The van der Waals surface area contributed by atoms with Crippen molar-refractivity contribution in [2.75, 3.05) is 26.7 Å². The van der Waals surface area contributed by atoms with Gasteiger partial charge in [-0.3, -0.25) is 4.79 Å². The maximum absolute atomic E-state index is 11.9. The molecule has 0 fully saturated rings. The topological polar surface area (TPSA) is 74.8 Å². The van der Waals surface area contributed by atoms with Crippen LogP contribution in [0.5, 0.6) is 5.75 Å². The summed E-state index contributed by atoms with van der Waals surface area (Å²) < 4.78 is 5.36. The summed E-state index contributed by atoms with van der Waals surface area (Å²) in [6.45, 7) is 11.4. The first-order chi connectivity index (χ1) is 11.7. The third-order valence-corrected chi connectivity index (χ3v) is 3.42. The van der Waals surface area contributed by atoms with Crippen LogP contribution >= 0.6 is 24.0 Å². The van der Waals surface area contributed by atoms with E-state index in [0.717, 1.165) is 30.8 Å². The van der Waals surface area contributed by atoms with E-state index >= 15 is 0 Å². The predicted molar refractivity (Wildman–Crippen MR) is 119 cm³/mol. The Morgan fingerprint density at radius 2 is 1.92 bits per heavy atom. The maximum Gasteiger partial charge on any atom is 0.242 e. The normalized spacial score (nSPS) is 11.4. The van der Waals surface area contributed by atoms with Crippen molar-refractivity contribution in [2.45, 2.75) is 46.6 Å². The monoisotopic (exact) mass is 476 g/mol. The van der Waals surface area contributed by atoms with Gasteiger partial charge in [-0.15, -0.1) is 24.0 Å². The van der Waals surface area contributed by atoms with Crippen molar-refractivity contribution in [3.05, 3.63) is 29.3 Å². The fourth-order valence-electron chi connectivity index (χ4n) is 2.30. The van der Waals surface area contributed by atoms with E-state index in [2.05, 4.69) is 39.1 Å². The molecular formula is C19H33IN4O2. The number of carbonyl (C=O) groups is 1. The molecule has 0 bridgehead atoms. The smallest absolute Gasteiger partial charge is 0.242 e. The van der Waals surface area contributed by atoms with Crippen molar-refractivity contribution in [1.82, 2.24) is 16.0 Å². The molecule has 0 heterocycles. The molecule has 148 valence electrons. The number of halogens is 1. The molecular weight excluding hydrogens is 443 g/mol. The van der Waals surface area contributed by atoms with Gasteiger partial charge >= 0.3 is 0 Å². The Bertz CT molecular complexity index is 598. The highest BCUT2D eigenvalue weighted by molar-refractivity contribution is 14.0. The number of guanidine groups is 1. The van der Waals surface area contributed by atoms with E-state index < -0.39 is 0 Å². The summed E-state index contributed by atoms with van der Waals surface area (Å²) in [5, 5.41) is 9.31. The lowest BCUT2D eigenvalue weighted by atomic mass is 10.1. The zero-order valence-corrected chi connectivity index (χ0v) is 19.1. The van der Waals surface area contributed by atoms with E-state index in [9.17, 15) is 4.79 Å². The van der Waals surface area contributed by atoms with Crippen LogP contribution < -0.4 is 20.7 Å². The number of rotatable bonds is 7. The SMILES string of the molecule is CCNC(=NCC(=O)NC(C)(C)C)NCCc1ccc(C)c(OC)c1.I. The standard InChI is InChI=1S/C19H32N4O2.HI/c1-7-20-18(22-13-17(24)23-19(3,4)5)21-11-10-15-9-8-14(2)16(12-15)25-6;/h8-9,12H,7,10-11,13H2,1-6H3,(H,23,24)(H2,20,21,22);1H. The van der Waals surface area contributed by atoms with Gasteiger partial charge in [0, 0.05) is 18.6 Å². The van der Waals surface area contributed by atoms with E-state index in [1.807, 2.05) is 34.6 Å². The second-order valence-corrected chi connectivity index (χ2v) is 6.97. The van der Waals surface area contributed by atoms with Gasteiger partial charge in [-0.1, -0.05) is 12.1 Å². The van der Waals surface area contributed by atoms with Crippen LogP contribution in [-0.2, 0) is 11.2 Å². The first kappa shape index (κ1) is 24.5. The van der Waals surface area contributed by atoms with Crippen molar-refractivity contribution in [3.63, 3.8) is 0 Å². The number of amides is 1. The average molecular weight is 476 g/mol. The molecule has 1 amide bonds. The van der Waals surface area contributed by atoms with Gasteiger partial charge in [0.05, 0.1) is 7.11 Å². The molecule has 0 aliphatic carbocycles. The summed E-state index contributed by atoms with van der Waals surface area (Å²) in [5.41, 5.74) is 2.07. The molecule has 0 aliphatic heterocycles. The molecule has 3 N–H and O–H groups in total. The lowest BCUT2D eigenvalue weighted by Gasteiger charge is -2.20. The summed E-state index contributed by atoms with van der Waals surface area (Å²) in [6, 6.07) is 6.21. The number of aliphatic imine (C=N–C) groups is 1. The van der Waals surface area contributed by atoms with Crippen LogP contribution in [0.2, 0.25) is 0 Å². The van der Waals surface area contributed by atoms with E-state index in [-0.39, 0.29) is 42.0 Å². The molecule has 1 aromatic carbocycles. The lowest BCUT2D eigenvalue weighted by Crippen LogP contribution is -2.43. The number of hydrogen-bond acceptors (Lipinski definition) is 3. The molecule has 0 saturated heterocycles. The third-order valence-electron chi connectivity index (χ3n) is 3.42. The number of aryl methyl sites for hydroxylation is 1. The van der Waals surface area contributed by atoms with Crippen LogP contribution in [0.1, 0.15) is 38.8 Å². The molecule has 0 aromatic heterocycles. The van der Waals surface area contributed by atoms with E-state index in [4.69, 9.17) is 4.74 Å². The van der Waals surface area contributed by atoms with Gasteiger partial charge in [-0.05, 0) is 58.2 Å². The first-order valence-corrected chi connectivity index (χ1v) is 8.72. The number of nitrogens with zero attached hydrogens (tertiary/aromatic N) is 1. The quantitative estimate of drug-likeness (QED) is 0.322. The molecule has 0 saturated carbocycles. The second-order valence-electron chi connectivity index (χ2n) is 6.97. The Labute approximate surface area is 174 Å². The Morgan fingerprint density at radius 1 is 1.23 bits per heavy atom. The van der Waals surface area contributed by atoms with Gasteiger partial charge < -0.3 is 20.7 Å².